The Morgan fingerprint density at radius 1 is 1.21 bits per heavy atom. The van der Waals surface area contributed by atoms with Crippen molar-refractivity contribution >= 4 is 40.2 Å². The largest absolute Gasteiger partial charge is 0.497 e. The standard InChI is InChI=1S/C22H18ClN3O2S/c1-28-16-6-9-18-19(11-16)26-20(21(18)29-17-7-4-15(23)5-8-17)22(27)25-13-14-3-2-10-24-12-14/h2-12,26H,13H2,1H3,(H,25,27). The molecule has 0 radical (unpaired) electrons. The first kappa shape index (κ1) is 19.4. The lowest BCUT2D eigenvalue weighted by Crippen LogP contribution is -2.23. The Labute approximate surface area is 177 Å². The van der Waals surface area contributed by atoms with Crippen LogP contribution in [-0.4, -0.2) is 23.0 Å². The summed E-state index contributed by atoms with van der Waals surface area (Å²) in [5.74, 6) is 0.546. The average Bonchev–Trinajstić information content (AvgIpc) is 3.12. The molecule has 0 saturated carbocycles. The fraction of sp³-hybridized carbons (Fsp3) is 0.0909. The summed E-state index contributed by atoms with van der Waals surface area (Å²) in [6.45, 7) is 0.399. The van der Waals surface area contributed by atoms with Gasteiger partial charge in [0.2, 0.25) is 0 Å². The van der Waals surface area contributed by atoms with Crippen molar-refractivity contribution in [2.45, 2.75) is 16.3 Å². The van der Waals surface area contributed by atoms with E-state index in [0.29, 0.717) is 17.3 Å². The maximum atomic E-state index is 13.0. The van der Waals surface area contributed by atoms with Crippen molar-refractivity contribution in [3.63, 3.8) is 0 Å². The van der Waals surface area contributed by atoms with E-state index in [0.717, 1.165) is 32.0 Å². The van der Waals surface area contributed by atoms with Crippen LogP contribution in [0.1, 0.15) is 16.1 Å². The summed E-state index contributed by atoms with van der Waals surface area (Å²) in [5, 5.41) is 4.59. The quantitative estimate of drug-likeness (QED) is 0.441. The third-order valence-electron chi connectivity index (χ3n) is 4.39. The van der Waals surface area contributed by atoms with Crippen LogP contribution in [0.25, 0.3) is 10.9 Å². The van der Waals surface area contributed by atoms with Crippen LogP contribution in [0.3, 0.4) is 0 Å². The number of hydrogen-bond acceptors (Lipinski definition) is 4. The molecule has 0 fully saturated rings. The monoisotopic (exact) mass is 423 g/mol. The molecule has 7 heteroatoms. The number of aromatic nitrogens is 2. The first-order chi connectivity index (χ1) is 14.1. The molecule has 2 aromatic carbocycles. The first-order valence-electron chi connectivity index (χ1n) is 8.94. The molecule has 4 aromatic rings. The van der Waals surface area contributed by atoms with Crippen molar-refractivity contribution in [1.29, 1.82) is 0 Å². The van der Waals surface area contributed by atoms with Crippen molar-refractivity contribution in [2.24, 2.45) is 0 Å². The predicted molar refractivity (Wildman–Crippen MR) is 116 cm³/mol. The molecule has 0 aliphatic carbocycles. The fourth-order valence-corrected chi connectivity index (χ4v) is 4.11. The molecule has 0 aliphatic heterocycles. The summed E-state index contributed by atoms with van der Waals surface area (Å²) < 4.78 is 5.32. The summed E-state index contributed by atoms with van der Waals surface area (Å²) in [7, 11) is 1.62. The Morgan fingerprint density at radius 2 is 2.03 bits per heavy atom. The van der Waals surface area contributed by atoms with Gasteiger partial charge in [0.25, 0.3) is 5.91 Å². The average molecular weight is 424 g/mol. The van der Waals surface area contributed by atoms with Crippen LogP contribution in [0.2, 0.25) is 5.02 Å². The topological polar surface area (TPSA) is 67.0 Å². The van der Waals surface area contributed by atoms with Gasteiger partial charge in [-0.3, -0.25) is 9.78 Å². The molecule has 0 unspecified atom stereocenters. The number of pyridine rings is 1. The summed E-state index contributed by atoms with van der Waals surface area (Å²) in [6.07, 6.45) is 3.44. The highest BCUT2D eigenvalue weighted by Crippen LogP contribution is 2.38. The van der Waals surface area contributed by atoms with Crippen molar-refractivity contribution in [3.8, 4) is 5.75 Å². The molecule has 2 N–H and O–H groups in total. The number of benzene rings is 2. The van der Waals surface area contributed by atoms with E-state index in [4.69, 9.17) is 16.3 Å². The van der Waals surface area contributed by atoms with Crippen LogP contribution in [0.4, 0.5) is 0 Å². The Hall–Kier alpha value is -2.96. The van der Waals surface area contributed by atoms with Crippen molar-refractivity contribution in [3.05, 3.63) is 83.3 Å². The number of H-pyrrole nitrogens is 1. The lowest BCUT2D eigenvalue weighted by Gasteiger charge is -2.07. The molecule has 0 saturated heterocycles. The molecule has 4 rings (SSSR count). The number of halogens is 1. The number of carbonyl (C=O) groups is 1. The van der Waals surface area contributed by atoms with Gasteiger partial charge in [-0.1, -0.05) is 29.4 Å². The third kappa shape index (κ3) is 4.39. The molecule has 0 aliphatic rings. The SMILES string of the molecule is COc1ccc2c(Sc3ccc(Cl)cc3)c(C(=O)NCc3cccnc3)[nH]c2c1. The van der Waals surface area contributed by atoms with E-state index in [9.17, 15) is 4.79 Å². The van der Waals surface area contributed by atoms with E-state index in [1.54, 1.807) is 19.5 Å². The number of nitrogens with zero attached hydrogens (tertiary/aromatic N) is 1. The summed E-state index contributed by atoms with van der Waals surface area (Å²) >= 11 is 7.52. The highest BCUT2D eigenvalue weighted by molar-refractivity contribution is 7.99. The van der Waals surface area contributed by atoms with Gasteiger partial charge in [0.05, 0.1) is 17.5 Å². The van der Waals surface area contributed by atoms with E-state index >= 15 is 0 Å². The molecule has 1 amide bonds. The van der Waals surface area contributed by atoms with Crippen molar-refractivity contribution in [2.75, 3.05) is 7.11 Å². The molecule has 146 valence electrons. The highest BCUT2D eigenvalue weighted by Gasteiger charge is 2.19. The van der Waals surface area contributed by atoms with E-state index in [1.807, 2.05) is 54.6 Å². The van der Waals surface area contributed by atoms with Gasteiger partial charge in [0.15, 0.2) is 0 Å². The molecule has 5 nitrogen and oxygen atoms in total. The number of amides is 1. The highest BCUT2D eigenvalue weighted by atomic mass is 35.5. The van der Waals surface area contributed by atoms with Crippen LogP contribution in [0, 0.1) is 0 Å². The molecule has 2 heterocycles. The molecule has 2 aromatic heterocycles. The van der Waals surface area contributed by atoms with Crippen LogP contribution in [0.15, 0.2) is 76.8 Å². The molecule has 0 spiro atoms. The van der Waals surface area contributed by atoms with Gasteiger partial charge in [-0.2, -0.15) is 0 Å². The summed E-state index contributed by atoms with van der Waals surface area (Å²) in [5.41, 5.74) is 2.29. The first-order valence-corrected chi connectivity index (χ1v) is 10.1. The third-order valence-corrected chi connectivity index (χ3v) is 5.78. The summed E-state index contributed by atoms with van der Waals surface area (Å²) in [6, 6.07) is 17.1. The van der Waals surface area contributed by atoms with E-state index in [-0.39, 0.29) is 5.91 Å². The number of ether oxygens (including phenoxy) is 1. The zero-order valence-corrected chi connectivity index (χ0v) is 17.2. The minimum atomic E-state index is -0.180. The maximum Gasteiger partial charge on any atom is 0.269 e. The Morgan fingerprint density at radius 3 is 2.76 bits per heavy atom. The number of aromatic amines is 1. The van der Waals surface area contributed by atoms with E-state index in [1.165, 1.54) is 11.8 Å². The molecule has 29 heavy (non-hydrogen) atoms. The molecular weight excluding hydrogens is 406 g/mol. The molecule has 0 atom stereocenters. The van der Waals surface area contributed by atoms with E-state index in [2.05, 4.69) is 15.3 Å². The normalized spacial score (nSPS) is 10.8. The Kier molecular flexibility index (Phi) is 5.74. The van der Waals surface area contributed by atoms with Gasteiger partial charge < -0.3 is 15.0 Å². The Balaban J connectivity index is 1.68. The van der Waals surface area contributed by atoms with Gasteiger partial charge in [-0.25, -0.2) is 0 Å². The molecular formula is C22H18ClN3O2S. The summed E-state index contributed by atoms with van der Waals surface area (Å²) in [4.78, 5) is 22.2. The van der Waals surface area contributed by atoms with Crippen LogP contribution in [-0.2, 0) is 6.54 Å². The number of fused-ring (bicyclic) bond motifs is 1. The second kappa shape index (κ2) is 8.59. The molecule has 0 bridgehead atoms. The fourth-order valence-electron chi connectivity index (χ4n) is 2.94. The van der Waals surface area contributed by atoms with Gasteiger partial charge in [-0.15, -0.1) is 0 Å². The number of hydrogen-bond donors (Lipinski definition) is 2. The minimum absolute atomic E-state index is 0.180. The van der Waals surface area contributed by atoms with Crippen molar-refractivity contribution in [1.82, 2.24) is 15.3 Å². The van der Waals surface area contributed by atoms with Crippen LogP contribution < -0.4 is 10.1 Å². The van der Waals surface area contributed by atoms with Crippen molar-refractivity contribution < 1.29 is 9.53 Å². The second-order valence-electron chi connectivity index (χ2n) is 6.34. The van der Waals surface area contributed by atoms with Crippen LogP contribution >= 0.6 is 23.4 Å². The number of nitrogens with one attached hydrogen (secondary N) is 2. The van der Waals surface area contributed by atoms with Gasteiger partial charge in [-0.05, 0) is 48.0 Å². The lowest BCUT2D eigenvalue weighted by atomic mass is 10.2. The predicted octanol–water partition coefficient (Wildman–Crippen LogP) is 5.31. The van der Waals surface area contributed by atoms with Gasteiger partial charge in [0, 0.05) is 40.3 Å². The lowest BCUT2D eigenvalue weighted by molar-refractivity contribution is 0.0944. The van der Waals surface area contributed by atoms with E-state index < -0.39 is 0 Å². The minimum Gasteiger partial charge on any atom is -0.497 e. The van der Waals surface area contributed by atoms with Crippen LogP contribution in [0.5, 0.6) is 5.75 Å². The smallest absolute Gasteiger partial charge is 0.269 e. The second-order valence-corrected chi connectivity index (χ2v) is 7.86. The zero-order chi connectivity index (χ0) is 20.2. The number of rotatable bonds is 6. The Bertz CT molecular complexity index is 1140. The number of carbonyl (C=O) groups excluding carboxylic acids is 1. The van der Waals surface area contributed by atoms with Gasteiger partial charge >= 0.3 is 0 Å². The zero-order valence-electron chi connectivity index (χ0n) is 15.6. The van der Waals surface area contributed by atoms with Gasteiger partial charge in [0.1, 0.15) is 11.4 Å². The maximum absolute atomic E-state index is 13.0. The number of methoxy groups -OCH3 is 1.